The first-order valence-electron chi connectivity index (χ1n) is 16.2. The molecule has 3 aromatic rings. The molecule has 1 heterocycles. The fourth-order valence-electron chi connectivity index (χ4n) is 6.56. The molecule has 1 unspecified atom stereocenters. The molecule has 47 heavy (non-hydrogen) atoms. The van der Waals surface area contributed by atoms with Gasteiger partial charge in [0.2, 0.25) is 0 Å². The standard InChI is InChI=1S/C36H42F4N2O4S/c1-25(27-6-12-31(37)13-7-27)22-34(43)30-4-2-26(3-5-30)24-47(44,45)33-16-10-29(11-17-33)28-8-14-32(15-9-28)46-21-20-42-19-18-41-35(23-42)36(38,39)40/h6-17,25-26,30,35,41H,2-5,18-24H2,1H3/t25-,26?,30?,35?/m0/s1. The Morgan fingerprint density at radius 3 is 2.17 bits per heavy atom. The molecule has 0 aromatic heterocycles. The van der Waals surface area contributed by atoms with Gasteiger partial charge in [0, 0.05) is 38.5 Å². The lowest BCUT2D eigenvalue weighted by Crippen LogP contribution is -2.57. The molecule has 254 valence electrons. The Morgan fingerprint density at radius 2 is 1.55 bits per heavy atom. The highest BCUT2D eigenvalue weighted by molar-refractivity contribution is 7.91. The number of ether oxygens (including phenoxy) is 1. The monoisotopic (exact) mass is 674 g/mol. The van der Waals surface area contributed by atoms with Crippen LogP contribution in [0.15, 0.2) is 77.7 Å². The van der Waals surface area contributed by atoms with E-state index in [4.69, 9.17) is 4.74 Å². The van der Waals surface area contributed by atoms with Gasteiger partial charge in [0.05, 0.1) is 10.6 Å². The molecule has 0 radical (unpaired) electrons. The first kappa shape index (κ1) is 35.0. The minimum absolute atomic E-state index is 0.00318. The molecule has 11 heteroatoms. The summed E-state index contributed by atoms with van der Waals surface area (Å²) in [5.74, 6) is 0.491. The van der Waals surface area contributed by atoms with E-state index >= 15 is 0 Å². The van der Waals surface area contributed by atoms with Crippen molar-refractivity contribution >= 4 is 15.6 Å². The number of Topliss-reactive ketones (excluding diaryl/α,β-unsaturated/α-hetero) is 1. The van der Waals surface area contributed by atoms with Gasteiger partial charge in [0.25, 0.3) is 0 Å². The number of piperazine rings is 1. The van der Waals surface area contributed by atoms with E-state index in [0.29, 0.717) is 50.9 Å². The number of benzene rings is 3. The maximum atomic E-state index is 13.2. The van der Waals surface area contributed by atoms with Crippen molar-refractivity contribution in [1.29, 1.82) is 0 Å². The predicted molar refractivity (Wildman–Crippen MR) is 174 cm³/mol. The number of rotatable bonds is 12. The number of sulfone groups is 1. The molecule has 2 aliphatic rings. The summed E-state index contributed by atoms with van der Waals surface area (Å²) in [7, 11) is -3.50. The lowest BCUT2D eigenvalue weighted by molar-refractivity contribution is -0.164. The van der Waals surface area contributed by atoms with Crippen LogP contribution >= 0.6 is 0 Å². The van der Waals surface area contributed by atoms with Crippen LogP contribution in [-0.2, 0) is 14.6 Å². The van der Waals surface area contributed by atoms with E-state index in [9.17, 15) is 30.8 Å². The third-order valence-electron chi connectivity index (χ3n) is 9.44. The second kappa shape index (κ2) is 15.3. The number of carbonyl (C=O) groups is 1. The molecule has 0 spiro atoms. The van der Waals surface area contributed by atoms with Gasteiger partial charge >= 0.3 is 6.18 Å². The van der Waals surface area contributed by atoms with Gasteiger partial charge in [0.15, 0.2) is 9.84 Å². The smallest absolute Gasteiger partial charge is 0.405 e. The highest BCUT2D eigenvalue weighted by Crippen LogP contribution is 2.34. The van der Waals surface area contributed by atoms with Crippen LogP contribution in [-0.4, -0.2) is 69.9 Å². The van der Waals surface area contributed by atoms with Gasteiger partial charge < -0.3 is 10.1 Å². The Kier molecular flexibility index (Phi) is 11.4. The SMILES string of the molecule is C[C@@H](CC(=O)C1CCC(CS(=O)(=O)c2ccc(-c3ccc(OCCN4CCNC(C(F)(F)F)C4)cc3)cc2)CC1)c1ccc(F)cc1. The number of hydrogen-bond acceptors (Lipinski definition) is 6. The fraction of sp³-hybridized carbons (Fsp3) is 0.472. The lowest BCUT2D eigenvalue weighted by atomic mass is 9.78. The second-order valence-electron chi connectivity index (χ2n) is 12.9. The minimum Gasteiger partial charge on any atom is -0.492 e. The molecular formula is C36H42F4N2O4S. The molecule has 3 aromatic carbocycles. The van der Waals surface area contributed by atoms with Gasteiger partial charge in [-0.2, -0.15) is 13.2 Å². The van der Waals surface area contributed by atoms with E-state index in [1.54, 1.807) is 53.4 Å². The molecule has 1 aliphatic carbocycles. The van der Waals surface area contributed by atoms with Crippen molar-refractivity contribution in [2.45, 2.75) is 62.1 Å². The van der Waals surface area contributed by atoms with E-state index in [1.165, 1.54) is 12.1 Å². The van der Waals surface area contributed by atoms with Crippen molar-refractivity contribution in [2.24, 2.45) is 11.8 Å². The number of hydrogen-bond donors (Lipinski definition) is 1. The minimum atomic E-state index is -4.27. The molecule has 0 amide bonds. The van der Waals surface area contributed by atoms with Crippen LogP contribution in [0.4, 0.5) is 17.6 Å². The second-order valence-corrected chi connectivity index (χ2v) is 14.9. The van der Waals surface area contributed by atoms with Crippen molar-refractivity contribution in [3.8, 4) is 16.9 Å². The fourth-order valence-corrected chi connectivity index (χ4v) is 8.26. The lowest BCUT2D eigenvalue weighted by Gasteiger charge is -2.34. The first-order chi connectivity index (χ1) is 22.4. The molecular weight excluding hydrogens is 632 g/mol. The summed E-state index contributed by atoms with van der Waals surface area (Å²) in [6, 6.07) is 18.9. The molecule has 1 saturated heterocycles. The molecule has 5 rings (SSSR count). The van der Waals surface area contributed by atoms with Gasteiger partial charge in [-0.05, 0) is 90.6 Å². The zero-order valence-electron chi connectivity index (χ0n) is 26.5. The third kappa shape index (κ3) is 9.64. The van der Waals surface area contributed by atoms with Crippen LogP contribution in [0.1, 0.15) is 50.5 Å². The Bertz CT molecular complexity index is 1570. The molecule has 6 nitrogen and oxygen atoms in total. The first-order valence-corrected chi connectivity index (χ1v) is 17.9. The number of halogens is 4. The zero-order chi connectivity index (χ0) is 33.6. The Balaban J connectivity index is 1.06. The van der Waals surface area contributed by atoms with E-state index in [2.05, 4.69) is 5.32 Å². The van der Waals surface area contributed by atoms with Crippen LogP contribution < -0.4 is 10.1 Å². The van der Waals surface area contributed by atoms with Crippen LogP contribution in [0.25, 0.3) is 11.1 Å². The van der Waals surface area contributed by atoms with Crippen LogP contribution in [0.2, 0.25) is 0 Å². The van der Waals surface area contributed by atoms with E-state index in [-0.39, 0.29) is 59.7 Å². The van der Waals surface area contributed by atoms with Crippen molar-refractivity contribution in [3.05, 3.63) is 84.2 Å². The quantitative estimate of drug-likeness (QED) is 0.208. The molecule has 1 saturated carbocycles. The maximum Gasteiger partial charge on any atom is 0.405 e. The Labute approximate surface area is 274 Å². The summed E-state index contributed by atoms with van der Waals surface area (Å²) < 4.78 is 84.5. The van der Waals surface area contributed by atoms with Crippen LogP contribution in [0.3, 0.4) is 0 Å². The number of nitrogens with zero attached hydrogens (tertiary/aromatic N) is 1. The largest absolute Gasteiger partial charge is 0.492 e. The number of alkyl halides is 3. The van der Waals surface area contributed by atoms with Crippen molar-refractivity contribution in [3.63, 3.8) is 0 Å². The summed E-state index contributed by atoms with van der Waals surface area (Å²) in [4.78, 5) is 15.0. The molecule has 0 bridgehead atoms. The van der Waals surface area contributed by atoms with Crippen LogP contribution in [0, 0.1) is 17.7 Å². The molecule has 2 fully saturated rings. The van der Waals surface area contributed by atoms with Crippen LogP contribution in [0.5, 0.6) is 5.75 Å². The van der Waals surface area contributed by atoms with Gasteiger partial charge in [-0.1, -0.05) is 43.3 Å². The van der Waals surface area contributed by atoms with Gasteiger partial charge in [0.1, 0.15) is 30.0 Å². The topological polar surface area (TPSA) is 75.7 Å². The highest BCUT2D eigenvalue weighted by Gasteiger charge is 2.41. The van der Waals surface area contributed by atoms with Gasteiger partial charge in [-0.15, -0.1) is 0 Å². The van der Waals surface area contributed by atoms with Crippen molar-refractivity contribution in [1.82, 2.24) is 10.2 Å². The number of carbonyl (C=O) groups excluding carboxylic acids is 1. The summed E-state index contributed by atoms with van der Waals surface area (Å²) in [5.41, 5.74) is 2.67. The maximum absolute atomic E-state index is 13.2. The molecule has 2 atom stereocenters. The Morgan fingerprint density at radius 1 is 0.936 bits per heavy atom. The molecule has 1 N–H and O–H groups in total. The predicted octanol–water partition coefficient (Wildman–Crippen LogP) is 7.05. The zero-order valence-corrected chi connectivity index (χ0v) is 27.3. The summed E-state index contributed by atoms with van der Waals surface area (Å²) in [6.45, 7) is 3.35. The number of nitrogens with one attached hydrogen (secondary N) is 1. The van der Waals surface area contributed by atoms with Gasteiger partial charge in [-0.25, -0.2) is 12.8 Å². The van der Waals surface area contributed by atoms with E-state index < -0.39 is 22.1 Å². The molecule has 1 aliphatic heterocycles. The summed E-state index contributed by atoms with van der Waals surface area (Å²) in [5, 5.41) is 2.50. The normalized spacial score (nSPS) is 21.7. The third-order valence-corrected chi connectivity index (χ3v) is 11.3. The Hall–Kier alpha value is -3.28. The van der Waals surface area contributed by atoms with E-state index in [1.807, 2.05) is 19.1 Å². The van der Waals surface area contributed by atoms with Crippen molar-refractivity contribution < 1.29 is 35.5 Å². The van der Waals surface area contributed by atoms with E-state index in [0.717, 1.165) is 16.7 Å². The summed E-state index contributed by atoms with van der Waals surface area (Å²) in [6.07, 6.45) is -1.13. The number of ketones is 1. The van der Waals surface area contributed by atoms with Gasteiger partial charge in [-0.3, -0.25) is 9.69 Å². The average Bonchev–Trinajstić information content (AvgIpc) is 3.05. The highest BCUT2D eigenvalue weighted by atomic mass is 32.2. The summed E-state index contributed by atoms with van der Waals surface area (Å²) >= 11 is 0. The average molecular weight is 675 g/mol. The van der Waals surface area contributed by atoms with Crippen molar-refractivity contribution in [2.75, 3.05) is 38.5 Å².